The van der Waals surface area contributed by atoms with Crippen molar-refractivity contribution < 1.29 is 0 Å². The molecule has 1 heterocycles. The first-order valence-electron chi connectivity index (χ1n) is 4.56. The highest BCUT2D eigenvalue weighted by molar-refractivity contribution is 6.18. The van der Waals surface area contributed by atoms with Crippen molar-refractivity contribution in [1.29, 1.82) is 0 Å². The highest BCUT2D eigenvalue weighted by Gasteiger charge is 2.23. The number of anilines is 1. The van der Waals surface area contributed by atoms with Gasteiger partial charge in [-0.3, -0.25) is 0 Å². The predicted molar refractivity (Wildman–Crippen MR) is 60.0 cm³/mol. The zero-order valence-electron chi connectivity index (χ0n) is 9.08. The van der Waals surface area contributed by atoms with Crippen molar-refractivity contribution in [3.05, 3.63) is 18.1 Å². The molecule has 0 unspecified atom stereocenters. The van der Waals surface area contributed by atoms with Gasteiger partial charge in [0.05, 0.1) is 0 Å². The zero-order valence-corrected chi connectivity index (χ0v) is 9.84. The van der Waals surface area contributed by atoms with Crippen LogP contribution >= 0.6 is 11.6 Å². The molecule has 1 aromatic rings. The van der Waals surface area contributed by atoms with Gasteiger partial charge in [0.25, 0.3) is 0 Å². The standard InChI is InChI=1S/C10H16ClN3/c1-8-5-9(13-7-12-8)14(4)10(2,3)6-11/h5,7H,6H2,1-4H3. The normalized spacial score (nSPS) is 11.5. The molecule has 0 spiro atoms. The Labute approximate surface area is 90.1 Å². The van der Waals surface area contributed by atoms with Gasteiger partial charge in [-0.1, -0.05) is 0 Å². The largest absolute Gasteiger partial charge is 0.353 e. The average molecular weight is 214 g/mol. The Balaban J connectivity index is 2.94. The summed E-state index contributed by atoms with van der Waals surface area (Å²) >= 11 is 5.89. The van der Waals surface area contributed by atoms with E-state index in [0.717, 1.165) is 11.5 Å². The number of nitrogens with zero attached hydrogens (tertiary/aromatic N) is 3. The van der Waals surface area contributed by atoms with E-state index in [1.165, 1.54) is 0 Å². The molecule has 78 valence electrons. The van der Waals surface area contributed by atoms with E-state index in [0.29, 0.717) is 5.88 Å². The van der Waals surface area contributed by atoms with Crippen molar-refractivity contribution in [3.63, 3.8) is 0 Å². The lowest BCUT2D eigenvalue weighted by Gasteiger charge is -2.34. The van der Waals surface area contributed by atoms with Gasteiger partial charge >= 0.3 is 0 Å². The van der Waals surface area contributed by atoms with Crippen LogP contribution in [-0.2, 0) is 0 Å². The summed E-state index contributed by atoms with van der Waals surface area (Å²) in [5.74, 6) is 1.47. The Kier molecular flexibility index (Phi) is 3.32. The van der Waals surface area contributed by atoms with Crippen molar-refractivity contribution in [2.24, 2.45) is 0 Å². The van der Waals surface area contributed by atoms with Crippen molar-refractivity contribution in [2.45, 2.75) is 26.3 Å². The van der Waals surface area contributed by atoms with E-state index in [1.807, 2.05) is 20.0 Å². The maximum atomic E-state index is 5.89. The first-order valence-corrected chi connectivity index (χ1v) is 5.09. The van der Waals surface area contributed by atoms with E-state index in [1.54, 1.807) is 6.33 Å². The van der Waals surface area contributed by atoms with E-state index in [4.69, 9.17) is 11.6 Å². The highest BCUT2D eigenvalue weighted by atomic mass is 35.5. The van der Waals surface area contributed by atoms with Gasteiger partial charge in [-0.2, -0.15) is 0 Å². The zero-order chi connectivity index (χ0) is 10.8. The molecule has 0 aliphatic carbocycles. The van der Waals surface area contributed by atoms with Crippen LogP contribution in [0.15, 0.2) is 12.4 Å². The summed E-state index contributed by atoms with van der Waals surface area (Å²) in [6.45, 7) is 6.11. The maximum absolute atomic E-state index is 5.89. The van der Waals surface area contributed by atoms with E-state index in [-0.39, 0.29) is 5.54 Å². The van der Waals surface area contributed by atoms with Crippen LogP contribution in [0.4, 0.5) is 5.82 Å². The van der Waals surface area contributed by atoms with E-state index in [9.17, 15) is 0 Å². The molecule has 1 aromatic heterocycles. The molecule has 3 nitrogen and oxygen atoms in total. The van der Waals surface area contributed by atoms with Crippen molar-refractivity contribution in [3.8, 4) is 0 Å². The monoisotopic (exact) mass is 213 g/mol. The van der Waals surface area contributed by atoms with Crippen LogP contribution in [-0.4, -0.2) is 28.4 Å². The van der Waals surface area contributed by atoms with Gasteiger partial charge < -0.3 is 4.90 Å². The summed E-state index contributed by atoms with van der Waals surface area (Å²) in [7, 11) is 1.99. The van der Waals surface area contributed by atoms with Gasteiger partial charge in [0.2, 0.25) is 0 Å². The molecular formula is C10H16ClN3. The third kappa shape index (κ3) is 2.35. The first-order chi connectivity index (χ1) is 6.47. The molecule has 0 atom stereocenters. The SMILES string of the molecule is Cc1cc(N(C)C(C)(C)CCl)ncn1. The minimum absolute atomic E-state index is 0.0949. The van der Waals surface area contributed by atoms with Gasteiger partial charge in [0, 0.05) is 30.2 Å². The average Bonchev–Trinajstić information content (AvgIpc) is 2.16. The third-order valence-electron chi connectivity index (χ3n) is 2.37. The van der Waals surface area contributed by atoms with E-state index < -0.39 is 0 Å². The molecule has 0 aliphatic heterocycles. The minimum Gasteiger partial charge on any atom is -0.353 e. The third-order valence-corrected chi connectivity index (χ3v) is 3.02. The van der Waals surface area contributed by atoms with Crippen LogP contribution in [0.25, 0.3) is 0 Å². The number of aryl methyl sites for hydroxylation is 1. The minimum atomic E-state index is -0.0949. The lowest BCUT2D eigenvalue weighted by molar-refractivity contribution is 0.539. The smallest absolute Gasteiger partial charge is 0.132 e. The lowest BCUT2D eigenvalue weighted by Crippen LogP contribution is -2.43. The molecule has 4 heteroatoms. The van der Waals surface area contributed by atoms with Gasteiger partial charge in [0.1, 0.15) is 12.1 Å². The fourth-order valence-corrected chi connectivity index (χ4v) is 1.20. The van der Waals surface area contributed by atoms with Gasteiger partial charge in [-0.05, 0) is 20.8 Å². The molecule has 0 bridgehead atoms. The van der Waals surface area contributed by atoms with Crippen molar-refractivity contribution in [2.75, 3.05) is 17.8 Å². The Bertz CT molecular complexity index is 312. The van der Waals surface area contributed by atoms with E-state index in [2.05, 4.69) is 28.7 Å². The summed E-state index contributed by atoms with van der Waals surface area (Å²) in [6.07, 6.45) is 1.57. The Morgan fingerprint density at radius 2 is 2.07 bits per heavy atom. The highest BCUT2D eigenvalue weighted by Crippen LogP contribution is 2.20. The lowest BCUT2D eigenvalue weighted by atomic mass is 10.1. The summed E-state index contributed by atoms with van der Waals surface area (Å²) in [6, 6.07) is 1.95. The number of hydrogen-bond acceptors (Lipinski definition) is 3. The molecular weight excluding hydrogens is 198 g/mol. The Morgan fingerprint density at radius 3 is 2.57 bits per heavy atom. The second kappa shape index (κ2) is 4.13. The van der Waals surface area contributed by atoms with Gasteiger partial charge in [-0.25, -0.2) is 9.97 Å². The summed E-state index contributed by atoms with van der Waals surface area (Å²) in [4.78, 5) is 10.3. The molecule has 14 heavy (non-hydrogen) atoms. The van der Waals surface area contributed by atoms with Crippen LogP contribution in [0, 0.1) is 6.92 Å². The summed E-state index contributed by atoms with van der Waals surface area (Å²) < 4.78 is 0. The van der Waals surface area contributed by atoms with Crippen LogP contribution in [0.2, 0.25) is 0 Å². The molecule has 0 aliphatic rings. The van der Waals surface area contributed by atoms with Crippen molar-refractivity contribution in [1.82, 2.24) is 9.97 Å². The molecule has 0 saturated carbocycles. The number of rotatable bonds is 3. The molecule has 1 rings (SSSR count). The molecule has 0 N–H and O–H groups in total. The molecule has 0 amide bonds. The maximum Gasteiger partial charge on any atom is 0.132 e. The van der Waals surface area contributed by atoms with Crippen LogP contribution in [0.5, 0.6) is 0 Å². The second-order valence-electron chi connectivity index (χ2n) is 4.02. The second-order valence-corrected chi connectivity index (χ2v) is 4.29. The number of halogens is 1. The Morgan fingerprint density at radius 1 is 1.43 bits per heavy atom. The number of hydrogen-bond donors (Lipinski definition) is 0. The molecule has 0 aromatic carbocycles. The quantitative estimate of drug-likeness (QED) is 0.722. The Hall–Kier alpha value is -0.830. The van der Waals surface area contributed by atoms with E-state index >= 15 is 0 Å². The van der Waals surface area contributed by atoms with Gasteiger partial charge in [0.15, 0.2) is 0 Å². The topological polar surface area (TPSA) is 29.0 Å². The molecule has 0 radical (unpaired) electrons. The number of aromatic nitrogens is 2. The summed E-state index contributed by atoms with van der Waals surface area (Å²) in [5.41, 5.74) is 0.870. The number of alkyl halides is 1. The fraction of sp³-hybridized carbons (Fsp3) is 0.600. The predicted octanol–water partition coefficient (Wildman–Crippen LogP) is 2.24. The fourth-order valence-electron chi connectivity index (χ4n) is 1.02. The van der Waals surface area contributed by atoms with Crippen LogP contribution in [0.1, 0.15) is 19.5 Å². The summed E-state index contributed by atoms with van der Waals surface area (Å²) in [5, 5.41) is 0. The van der Waals surface area contributed by atoms with Crippen LogP contribution in [0.3, 0.4) is 0 Å². The molecule has 0 fully saturated rings. The van der Waals surface area contributed by atoms with Crippen molar-refractivity contribution >= 4 is 17.4 Å². The molecule has 0 saturated heterocycles. The van der Waals surface area contributed by atoms with Crippen LogP contribution < -0.4 is 4.90 Å². The first kappa shape index (κ1) is 11.2. The van der Waals surface area contributed by atoms with Gasteiger partial charge in [-0.15, -0.1) is 11.6 Å².